The lowest BCUT2D eigenvalue weighted by Gasteiger charge is -2.32. The van der Waals surface area contributed by atoms with Gasteiger partial charge in [0, 0.05) is 5.02 Å². The first kappa shape index (κ1) is 18.0. The van der Waals surface area contributed by atoms with Crippen molar-refractivity contribution in [3.05, 3.63) is 70.2 Å². The zero-order valence-electron chi connectivity index (χ0n) is 14.4. The Morgan fingerprint density at radius 3 is 2.00 bits per heavy atom. The standard InChI is InChI=1S/C20H25ClO2/c1-19(2,3)23-18(14-10-12-15(21)13-11-14)16-8-6-7-9-17(16)20(4,5)22/h6-13,18,22H,1-5H3. The molecular formula is C20H25ClO2. The van der Waals surface area contributed by atoms with Crippen LogP contribution in [-0.2, 0) is 10.3 Å². The van der Waals surface area contributed by atoms with Crippen LogP contribution in [0, 0.1) is 0 Å². The van der Waals surface area contributed by atoms with Gasteiger partial charge in [-0.05, 0) is 63.4 Å². The molecule has 0 spiro atoms. The topological polar surface area (TPSA) is 29.5 Å². The second-order valence-electron chi connectivity index (χ2n) is 7.31. The van der Waals surface area contributed by atoms with Crippen molar-refractivity contribution in [2.45, 2.75) is 51.9 Å². The van der Waals surface area contributed by atoms with Crippen LogP contribution in [0.25, 0.3) is 0 Å². The molecule has 0 saturated heterocycles. The summed E-state index contributed by atoms with van der Waals surface area (Å²) >= 11 is 6.02. The van der Waals surface area contributed by atoms with Gasteiger partial charge < -0.3 is 9.84 Å². The Labute approximate surface area is 144 Å². The summed E-state index contributed by atoms with van der Waals surface area (Å²) in [5.41, 5.74) is 1.59. The second-order valence-corrected chi connectivity index (χ2v) is 7.74. The lowest BCUT2D eigenvalue weighted by Crippen LogP contribution is -2.26. The lowest BCUT2D eigenvalue weighted by molar-refractivity contribution is -0.0451. The van der Waals surface area contributed by atoms with E-state index in [0.29, 0.717) is 5.02 Å². The molecule has 0 aromatic heterocycles. The van der Waals surface area contributed by atoms with Crippen molar-refractivity contribution in [1.82, 2.24) is 0 Å². The molecule has 124 valence electrons. The van der Waals surface area contributed by atoms with Gasteiger partial charge in [0.1, 0.15) is 6.10 Å². The van der Waals surface area contributed by atoms with E-state index in [2.05, 4.69) is 0 Å². The normalized spacial score (nSPS) is 13.9. The Balaban J connectivity index is 2.57. The fourth-order valence-corrected chi connectivity index (χ4v) is 2.71. The minimum Gasteiger partial charge on any atom is -0.386 e. The number of benzene rings is 2. The van der Waals surface area contributed by atoms with Gasteiger partial charge >= 0.3 is 0 Å². The summed E-state index contributed by atoms with van der Waals surface area (Å²) in [6.07, 6.45) is -0.269. The Morgan fingerprint density at radius 2 is 1.48 bits per heavy atom. The number of halogens is 1. The van der Waals surface area contributed by atoms with Crippen LogP contribution in [0.5, 0.6) is 0 Å². The molecule has 0 heterocycles. The molecule has 2 aromatic rings. The molecule has 2 aromatic carbocycles. The second kappa shape index (κ2) is 6.64. The molecule has 1 unspecified atom stereocenters. The van der Waals surface area contributed by atoms with Crippen LogP contribution in [0.2, 0.25) is 5.02 Å². The zero-order chi connectivity index (χ0) is 17.3. The van der Waals surface area contributed by atoms with Crippen LogP contribution < -0.4 is 0 Å². The van der Waals surface area contributed by atoms with Gasteiger partial charge in [-0.25, -0.2) is 0 Å². The highest BCUT2D eigenvalue weighted by molar-refractivity contribution is 6.30. The minimum absolute atomic E-state index is 0.269. The van der Waals surface area contributed by atoms with Crippen LogP contribution in [0.1, 0.15) is 57.4 Å². The third-order valence-electron chi connectivity index (χ3n) is 3.55. The van der Waals surface area contributed by atoms with Crippen LogP contribution in [0.4, 0.5) is 0 Å². The first-order valence-electron chi connectivity index (χ1n) is 7.83. The molecule has 3 heteroatoms. The first-order valence-corrected chi connectivity index (χ1v) is 8.21. The van der Waals surface area contributed by atoms with Gasteiger partial charge in [-0.3, -0.25) is 0 Å². The molecule has 0 bridgehead atoms. The molecule has 23 heavy (non-hydrogen) atoms. The predicted octanol–water partition coefficient (Wildman–Crippen LogP) is 5.47. The molecule has 0 fully saturated rings. The van der Waals surface area contributed by atoms with Crippen LogP contribution >= 0.6 is 11.6 Å². The van der Waals surface area contributed by atoms with E-state index in [-0.39, 0.29) is 11.7 Å². The summed E-state index contributed by atoms with van der Waals surface area (Å²) in [6, 6.07) is 15.5. The van der Waals surface area contributed by atoms with Gasteiger partial charge in [0.2, 0.25) is 0 Å². The van der Waals surface area contributed by atoms with E-state index in [9.17, 15) is 5.11 Å². The van der Waals surface area contributed by atoms with E-state index in [1.807, 2.05) is 69.3 Å². The zero-order valence-corrected chi connectivity index (χ0v) is 15.2. The number of ether oxygens (including phenoxy) is 1. The average Bonchev–Trinajstić information content (AvgIpc) is 2.44. The van der Waals surface area contributed by atoms with Crippen LogP contribution in [0.15, 0.2) is 48.5 Å². The van der Waals surface area contributed by atoms with Gasteiger partial charge in [0.05, 0.1) is 11.2 Å². The van der Waals surface area contributed by atoms with Crippen molar-refractivity contribution in [3.63, 3.8) is 0 Å². The number of aliphatic hydroxyl groups is 1. The summed E-state index contributed by atoms with van der Waals surface area (Å²) in [5, 5.41) is 11.2. The molecule has 0 aliphatic carbocycles. The summed E-state index contributed by atoms with van der Waals surface area (Å²) in [6.45, 7) is 9.68. The van der Waals surface area contributed by atoms with Crippen molar-refractivity contribution >= 4 is 11.6 Å². The molecule has 2 rings (SSSR count). The molecule has 0 radical (unpaired) electrons. The summed E-state index contributed by atoms with van der Waals surface area (Å²) in [7, 11) is 0. The summed E-state index contributed by atoms with van der Waals surface area (Å²) in [5.74, 6) is 0. The third kappa shape index (κ3) is 4.81. The molecular weight excluding hydrogens is 308 g/mol. The molecule has 1 atom stereocenters. The molecule has 0 aliphatic rings. The fraction of sp³-hybridized carbons (Fsp3) is 0.400. The van der Waals surface area contributed by atoms with Crippen LogP contribution in [-0.4, -0.2) is 10.7 Å². The van der Waals surface area contributed by atoms with Crippen molar-refractivity contribution < 1.29 is 9.84 Å². The van der Waals surface area contributed by atoms with E-state index in [1.54, 1.807) is 13.8 Å². The van der Waals surface area contributed by atoms with Gasteiger partial charge in [-0.15, -0.1) is 0 Å². The van der Waals surface area contributed by atoms with Gasteiger partial charge in [-0.2, -0.15) is 0 Å². The summed E-state index contributed by atoms with van der Waals surface area (Å²) < 4.78 is 6.33. The van der Waals surface area contributed by atoms with E-state index in [4.69, 9.17) is 16.3 Å². The molecule has 0 aliphatic heterocycles. The Hall–Kier alpha value is -1.35. The van der Waals surface area contributed by atoms with Crippen molar-refractivity contribution in [1.29, 1.82) is 0 Å². The Kier molecular flexibility index (Phi) is 5.20. The largest absolute Gasteiger partial charge is 0.386 e. The molecule has 0 amide bonds. The van der Waals surface area contributed by atoms with Crippen molar-refractivity contribution in [3.8, 4) is 0 Å². The SMILES string of the molecule is CC(C)(C)OC(c1ccc(Cl)cc1)c1ccccc1C(C)(C)O. The Bertz CT molecular complexity index is 649. The number of hydrogen-bond donors (Lipinski definition) is 1. The Morgan fingerprint density at radius 1 is 0.913 bits per heavy atom. The predicted molar refractivity (Wildman–Crippen MR) is 95.8 cm³/mol. The average molecular weight is 333 g/mol. The van der Waals surface area contributed by atoms with E-state index >= 15 is 0 Å². The maximum Gasteiger partial charge on any atom is 0.109 e. The van der Waals surface area contributed by atoms with Gasteiger partial charge in [-0.1, -0.05) is 48.0 Å². The monoisotopic (exact) mass is 332 g/mol. The number of hydrogen-bond acceptors (Lipinski definition) is 2. The lowest BCUT2D eigenvalue weighted by atomic mass is 9.88. The first-order chi connectivity index (χ1) is 10.6. The van der Waals surface area contributed by atoms with Gasteiger partial charge in [0.15, 0.2) is 0 Å². The van der Waals surface area contributed by atoms with E-state index < -0.39 is 5.60 Å². The van der Waals surface area contributed by atoms with Crippen molar-refractivity contribution in [2.24, 2.45) is 0 Å². The third-order valence-corrected chi connectivity index (χ3v) is 3.80. The smallest absolute Gasteiger partial charge is 0.109 e. The molecule has 1 N–H and O–H groups in total. The van der Waals surface area contributed by atoms with E-state index in [0.717, 1.165) is 16.7 Å². The maximum absolute atomic E-state index is 10.5. The van der Waals surface area contributed by atoms with E-state index in [1.165, 1.54) is 0 Å². The highest BCUT2D eigenvalue weighted by Gasteiger charge is 2.28. The summed E-state index contributed by atoms with van der Waals surface area (Å²) in [4.78, 5) is 0. The number of rotatable bonds is 4. The highest BCUT2D eigenvalue weighted by Crippen LogP contribution is 2.36. The van der Waals surface area contributed by atoms with Crippen molar-refractivity contribution in [2.75, 3.05) is 0 Å². The quantitative estimate of drug-likeness (QED) is 0.804. The molecule has 0 saturated carbocycles. The highest BCUT2D eigenvalue weighted by atomic mass is 35.5. The van der Waals surface area contributed by atoms with Crippen LogP contribution in [0.3, 0.4) is 0 Å². The maximum atomic E-state index is 10.5. The molecule has 2 nitrogen and oxygen atoms in total. The van der Waals surface area contributed by atoms with Gasteiger partial charge in [0.25, 0.3) is 0 Å². The fourth-order valence-electron chi connectivity index (χ4n) is 2.59. The minimum atomic E-state index is -0.942.